The molecule has 0 aliphatic carbocycles. The second-order valence-corrected chi connectivity index (χ2v) is 6.52. The number of methoxy groups -OCH3 is 1. The van der Waals surface area contributed by atoms with E-state index in [-0.39, 0.29) is 0 Å². The van der Waals surface area contributed by atoms with Crippen molar-refractivity contribution in [2.24, 2.45) is 10.1 Å². The number of benzene rings is 2. The minimum absolute atomic E-state index is 0.583. The highest BCUT2D eigenvalue weighted by Gasteiger charge is 2.06. The van der Waals surface area contributed by atoms with Gasteiger partial charge < -0.3 is 4.74 Å². The summed E-state index contributed by atoms with van der Waals surface area (Å²) in [5.74, 6) is 0. The summed E-state index contributed by atoms with van der Waals surface area (Å²) in [6.07, 6.45) is 1.81. The maximum Gasteiger partial charge on any atom is 0.206 e. The van der Waals surface area contributed by atoms with Crippen LogP contribution in [0.3, 0.4) is 0 Å². The molecule has 0 bridgehead atoms. The van der Waals surface area contributed by atoms with Gasteiger partial charge in [-0.1, -0.05) is 54.1 Å². The summed E-state index contributed by atoms with van der Waals surface area (Å²) in [6.45, 7) is 1.18. The summed E-state index contributed by atoms with van der Waals surface area (Å²) < 4.78 is 6.95. The van der Waals surface area contributed by atoms with Crippen LogP contribution in [-0.2, 0) is 4.74 Å². The van der Waals surface area contributed by atoms with Gasteiger partial charge in [-0.05, 0) is 17.7 Å². The fourth-order valence-corrected chi connectivity index (χ4v) is 3.22. The van der Waals surface area contributed by atoms with E-state index in [0.29, 0.717) is 18.2 Å². The van der Waals surface area contributed by atoms with Crippen molar-refractivity contribution in [2.45, 2.75) is 0 Å². The maximum absolute atomic E-state index is 5.94. The van der Waals surface area contributed by atoms with Gasteiger partial charge in [0.2, 0.25) is 4.80 Å². The number of aromatic nitrogens is 1. The Morgan fingerprint density at radius 3 is 2.60 bits per heavy atom. The van der Waals surface area contributed by atoms with Crippen LogP contribution in [0.25, 0.3) is 11.3 Å². The van der Waals surface area contributed by atoms with E-state index in [4.69, 9.17) is 16.3 Å². The van der Waals surface area contributed by atoms with E-state index in [0.717, 1.165) is 21.6 Å². The summed E-state index contributed by atoms with van der Waals surface area (Å²) >= 11 is 7.50. The van der Waals surface area contributed by atoms with Crippen LogP contribution in [0.15, 0.2) is 70.1 Å². The van der Waals surface area contributed by atoms with E-state index in [1.54, 1.807) is 18.4 Å². The topological polar surface area (TPSA) is 38.9 Å². The number of rotatable bonds is 6. The van der Waals surface area contributed by atoms with Crippen LogP contribution >= 0.6 is 22.9 Å². The zero-order chi connectivity index (χ0) is 17.5. The molecule has 3 rings (SSSR count). The average molecular weight is 372 g/mol. The Hall–Kier alpha value is -2.21. The van der Waals surface area contributed by atoms with Gasteiger partial charge in [0.25, 0.3) is 0 Å². The predicted molar refractivity (Wildman–Crippen MR) is 104 cm³/mol. The Morgan fingerprint density at radius 2 is 1.88 bits per heavy atom. The highest BCUT2D eigenvalue weighted by molar-refractivity contribution is 7.07. The van der Waals surface area contributed by atoms with Crippen molar-refractivity contribution in [3.05, 3.63) is 75.4 Å². The van der Waals surface area contributed by atoms with Gasteiger partial charge in [-0.15, -0.1) is 11.3 Å². The lowest BCUT2D eigenvalue weighted by Gasteiger charge is -2.03. The third-order valence-electron chi connectivity index (χ3n) is 3.49. The molecule has 4 nitrogen and oxygen atoms in total. The molecule has 0 radical (unpaired) electrons. The molecule has 3 aromatic rings. The predicted octanol–water partition coefficient (Wildman–Crippen LogP) is 4.30. The van der Waals surface area contributed by atoms with Crippen LogP contribution in [0.1, 0.15) is 5.56 Å². The van der Waals surface area contributed by atoms with E-state index in [9.17, 15) is 0 Å². The number of nitrogens with zero attached hydrogens (tertiary/aromatic N) is 3. The SMILES string of the molecule is COCCN=c1scc(-c2ccccc2)n1/N=C\c1ccc(Cl)cc1. The molecule has 25 heavy (non-hydrogen) atoms. The van der Waals surface area contributed by atoms with Crippen molar-refractivity contribution >= 4 is 29.2 Å². The first-order valence-corrected chi connectivity index (χ1v) is 9.09. The Bertz CT molecular complexity index is 898. The molecule has 6 heteroatoms. The Morgan fingerprint density at radius 1 is 1.12 bits per heavy atom. The summed E-state index contributed by atoms with van der Waals surface area (Å²) in [5, 5.41) is 7.42. The van der Waals surface area contributed by atoms with E-state index >= 15 is 0 Å². The van der Waals surface area contributed by atoms with E-state index in [1.165, 1.54) is 0 Å². The number of thiazole rings is 1. The number of halogens is 1. The molecule has 0 saturated heterocycles. The summed E-state index contributed by atoms with van der Waals surface area (Å²) in [4.78, 5) is 5.42. The zero-order valence-electron chi connectivity index (χ0n) is 13.8. The molecule has 0 aliphatic heterocycles. The van der Waals surface area contributed by atoms with Crippen molar-refractivity contribution < 1.29 is 4.74 Å². The highest BCUT2D eigenvalue weighted by atomic mass is 35.5. The second-order valence-electron chi connectivity index (χ2n) is 5.25. The lowest BCUT2D eigenvalue weighted by Crippen LogP contribution is -2.13. The monoisotopic (exact) mass is 371 g/mol. The third-order valence-corrected chi connectivity index (χ3v) is 4.60. The fraction of sp³-hybridized carbons (Fsp3) is 0.158. The number of ether oxygens (including phenoxy) is 1. The number of hydrogen-bond donors (Lipinski definition) is 0. The van der Waals surface area contributed by atoms with Gasteiger partial charge in [-0.2, -0.15) is 5.10 Å². The molecule has 0 spiro atoms. The van der Waals surface area contributed by atoms with Gasteiger partial charge in [0.05, 0.1) is 25.1 Å². The Kier molecular flexibility index (Phi) is 6.17. The molecule has 0 aliphatic rings. The molecule has 0 N–H and O–H groups in total. The lowest BCUT2D eigenvalue weighted by atomic mass is 10.2. The molecular formula is C19H18ClN3OS. The molecule has 0 unspecified atom stereocenters. The first kappa shape index (κ1) is 17.6. The summed E-state index contributed by atoms with van der Waals surface area (Å²) in [7, 11) is 1.67. The van der Waals surface area contributed by atoms with E-state index < -0.39 is 0 Å². The molecule has 0 fully saturated rings. The van der Waals surface area contributed by atoms with Gasteiger partial charge in [0.1, 0.15) is 0 Å². The molecule has 128 valence electrons. The quantitative estimate of drug-likeness (QED) is 0.470. The van der Waals surface area contributed by atoms with Crippen LogP contribution < -0.4 is 4.80 Å². The van der Waals surface area contributed by atoms with Gasteiger partial charge >= 0.3 is 0 Å². The second kappa shape index (κ2) is 8.76. The van der Waals surface area contributed by atoms with E-state index in [1.807, 2.05) is 53.4 Å². The third kappa shape index (κ3) is 4.66. The van der Waals surface area contributed by atoms with Crippen LogP contribution in [0.4, 0.5) is 0 Å². The van der Waals surface area contributed by atoms with Crippen molar-refractivity contribution in [1.82, 2.24) is 4.68 Å². The van der Waals surface area contributed by atoms with E-state index in [2.05, 4.69) is 27.6 Å². The van der Waals surface area contributed by atoms with Crippen molar-refractivity contribution in [3.8, 4) is 11.3 Å². The molecule has 0 amide bonds. The maximum atomic E-state index is 5.94. The van der Waals surface area contributed by atoms with Gasteiger partial charge in [-0.25, -0.2) is 4.68 Å². The van der Waals surface area contributed by atoms with Crippen molar-refractivity contribution in [1.29, 1.82) is 0 Å². The summed E-state index contributed by atoms with van der Waals surface area (Å²) in [6, 6.07) is 17.7. The number of hydrogen-bond acceptors (Lipinski definition) is 4. The normalized spacial score (nSPS) is 12.2. The first-order valence-electron chi connectivity index (χ1n) is 7.83. The summed E-state index contributed by atoms with van der Waals surface area (Å²) in [5.41, 5.74) is 3.08. The largest absolute Gasteiger partial charge is 0.383 e. The minimum atomic E-state index is 0.583. The van der Waals surface area contributed by atoms with Gasteiger partial charge in [0.15, 0.2) is 0 Å². The lowest BCUT2D eigenvalue weighted by molar-refractivity contribution is 0.207. The highest BCUT2D eigenvalue weighted by Crippen LogP contribution is 2.19. The molecule has 1 heterocycles. The van der Waals surface area contributed by atoms with Gasteiger partial charge in [-0.3, -0.25) is 4.99 Å². The molecule has 0 saturated carbocycles. The Balaban J connectivity index is 2.00. The van der Waals surface area contributed by atoms with Crippen LogP contribution in [0.2, 0.25) is 5.02 Å². The molecule has 1 aromatic heterocycles. The fourth-order valence-electron chi connectivity index (χ4n) is 2.23. The zero-order valence-corrected chi connectivity index (χ0v) is 15.4. The van der Waals surface area contributed by atoms with Crippen LogP contribution in [-0.4, -0.2) is 31.2 Å². The van der Waals surface area contributed by atoms with Crippen LogP contribution in [0.5, 0.6) is 0 Å². The van der Waals surface area contributed by atoms with Crippen LogP contribution in [0, 0.1) is 0 Å². The smallest absolute Gasteiger partial charge is 0.206 e. The standard InChI is InChI=1S/C19H18ClN3OS/c1-24-12-11-21-19-23(22-13-15-7-9-17(20)10-8-15)18(14-25-19)16-5-3-2-4-6-16/h2-10,13-14H,11-12H2,1H3/b21-19?,22-13-. The van der Waals surface area contributed by atoms with Crippen molar-refractivity contribution in [3.63, 3.8) is 0 Å². The molecular weight excluding hydrogens is 354 g/mol. The molecule has 2 aromatic carbocycles. The average Bonchev–Trinajstić information content (AvgIpc) is 3.05. The Labute approximate surface area is 155 Å². The first-order chi connectivity index (χ1) is 12.3. The molecule has 0 atom stereocenters. The van der Waals surface area contributed by atoms with Gasteiger partial charge in [0, 0.05) is 23.1 Å². The van der Waals surface area contributed by atoms with Crippen molar-refractivity contribution in [2.75, 3.05) is 20.3 Å². The minimum Gasteiger partial charge on any atom is -0.383 e.